The minimum absolute atomic E-state index is 0.0238. The lowest BCUT2D eigenvalue weighted by molar-refractivity contribution is -0.139. The molecule has 0 saturated heterocycles. The van der Waals surface area contributed by atoms with E-state index in [-0.39, 0.29) is 22.2 Å². The van der Waals surface area contributed by atoms with E-state index in [9.17, 15) is 31.9 Å². The number of hydrogen-bond donors (Lipinski definition) is 1. The number of alkyl halides is 4. The average molecular weight is 531 g/mol. The van der Waals surface area contributed by atoms with E-state index < -0.39 is 59.1 Å². The summed E-state index contributed by atoms with van der Waals surface area (Å²) in [6.07, 6.45) is -4.64. The molecule has 2 aromatic heterocycles. The van der Waals surface area contributed by atoms with Crippen molar-refractivity contribution in [3.8, 4) is 23.4 Å². The molecule has 1 N–H and O–H groups in total. The standard InChI is InChI=1S/C22H16ClF5N4O4/c1-10(33)14-4-3-11(19(31-14)35-2)8-32-9-30-18(22(27,28)21(25)26)17(20(32)34)36-15-6-13(23)5-12(7-29)16(15)24/h3-6,9-10,21,33H,8H2,1-2H3. The first-order valence-corrected chi connectivity index (χ1v) is 10.3. The van der Waals surface area contributed by atoms with Crippen LogP contribution in [0.5, 0.6) is 17.4 Å². The molecule has 1 aromatic carbocycles. The van der Waals surface area contributed by atoms with Crippen LogP contribution in [0.25, 0.3) is 0 Å². The average Bonchev–Trinajstić information content (AvgIpc) is 2.83. The van der Waals surface area contributed by atoms with Crippen LogP contribution in [0, 0.1) is 17.1 Å². The van der Waals surface area contributed by atoms with Gasteiger partial charge in [-0.25, -0.2) is 23.1 Å². The minimum atomic E-state index is -4.95. The normalized spacial score (nSPS) is 12.4. The van der Waals surface area contributed by atoms with Gasteiger partial charge in [0, 0.05) is 16.7 Å². The summed E-state index contributed by atoms with van der Waals surface area (Å²) in [7, 11) is 1.26. The van der Waals surface area contributed by atoms with Crippen LogP contribution in [0.15, 0.2) is 35.4 Å². The van der Waals surface area contributed by atoms with Crippen LogP contribution in [0.2, 0.25) is 5.02 Å². The zero-order valence-corrected chi connectivity index (χ0v) is 19.2. The van der Waals surface area contributed by atoms with Crippen LogP contribution < -0.4 is 15.0 Å². The predicted octanol–water partition coefficient (Wildman–Crippen LogP) is 4.56. The molecule has 3 rings (SSSR count). The fraction of sp³-hybridized carbons (Fsp3) is 0.273. The van der Waals surface area contributed by atoms with Crippen molar-refractivity contribution in [3.63, 3.8) is 0 Å². The highest BCUT2D eigenvalue weighted by molar-refractivity contribution is 6.30. The third-order valence-corrected chi connectivity index (χ3v) is 5.06. The van der Waals surface area contributed by atoms with Gasteiger partial charge in [-0.15, -0.1) is 0 Å². The Morgan fingerprint density at radius 3 is 2.58 bits per heavy atom. The topological polar surface area (TPSA) is 110 Å². The van der Waals surface area contributed by atoms with E-state index >= 15 is 0 Å². The number of ether oxygens (including phenoxy) is 2. The Kier molecular flexibility index (Phi) is 7.80. The van der Waals surface area contributed by atoms with E-state index in [2.05, 4.69) is 9.97 Å². The van der Waals surface area contributed by atoms with Gasteiger partial charge >= 0.3 is 12.3 Å². The molecule has 0 aliphatic heterocycles. The molecule has 2 heterocycles. The van der Waals surface area contributed by atoms with E-state index in [0.29, 0.717) is 6.33 Å². The Labute approximate surface area is 205 Å². The first-order chi connectivity index (χ1) is 16.9. The Morgan fingerprint density at radius 1 is 1.31 bits per heavy atom. The number of rotatable bonds is 8. The van der Waals surface area contributed by atoms with Gasteiger partial charge in [-0.2, -0.15) is 14.0 Å². The second kappa shape index (κ2) is 10.5. The number of nitriles is 1. The quantitative estimate of drug-likeness (QED) is 0.425. The fourth-order valence-electron chi connectivity index (χ4n) is 3.04. The SMILES string of the molecule is COc1nc(C(C)O)ccc1Cn1cnc(C(F)(F)C(F)F)c(Oc2cc(Cl)cc(C#N)c2F)c1=O. The van der Waals surface area contributed by atoms with Crippen molar-refractivity contribution >= 4 is 11.6 Å². The van der Waals surface area contributed by atoms with E-state index in [1.165, 1.54) is 32.2 Å². The summed E-state index contributed by atoms with van der Waals surface area (Å²) in [4.78, 5) is 20.5. The summed E-state index contributed by atoms with van der Waals surface area (Å²) >= 11 is 5.79. The molecule has 3 aromatic rings. The molecule has 0 radical (unpaired) electrons. The van der Waals surface area contributed by atoms with Crippen LogP contribution in [0.1, 0.15) is 35.5 Å². The molecule has 0 fully saturated rings. The van der Waals surface area contributed by atoms with E-state index in [4.69, 9.17) is 26.3 Å². The zero-order valence-electron chi connectivity index (χ0n) is 18.5. The summed E-state index contributed by atoms with van der Waals surface area (Å²) in [6, 6.07) is 6.00. The number of aliphatic hydroxyl groups is 1. The molecule has 8 nitrogen and oxygen atoms in total. The van der Waals surface area contributed by atoms with Gasteiger partial charge in [-0.05, 0) is 25.1 Å². The Hall–Kier alpha value is -3.76. The summed E-state index contributed by atoms with van der Waals surface area (Å²) < 4.78 is 80.3. The lowest BCUT2D eigenvalue weighted by Crippen LogP contribution is -2.32. The maximum atomic E-state index is 14.6. The first-order valence-electron chi connectivity index (χ1n) is 9.95. The second-order valence-corrected chi connectivity index (χ2v) is 7.78. The lowest BCUT2D eigenvalue weighted by Gasteiger charge is -2.19. The number of hydrogen-bond acceptors (Lipinski definition) is 7. The number of methoxy groups -OCH3 is 1. The molecule has 0 aliphatic rings. The van der Waals surface area contributed by atoms with Gasteiger partial charge in [0.05, 0.1) is 37.3 Å². The van der Waals surface area contributed by atoms with Gasteiger partial charge in [0.2, 0.25) is 11.6 Å². The summed E-state index contributed by atoms with van der Waals surface area (Å²) in [5.41, 5.74) is -3.29. The van der Waals surface area contributed by atoms with Gasteiger partial charge in [-0.1, -0.05) is 11.6 Å². The lowest BCUT2D eigenvalue weighted by atomic mass is 10.2. The molecule has 14 heteroatoms. The number of benzene rings is 1. The van der Waals surface area contributed by atoms with Crippen molar-refractivity contribution in [2.24, 2.45) is 0 Å². The molecule has 0 aliphatic carbocycles. The van der Waals surface area contributed by atoms with Gasteiger partial charge in [0.25, 0.3) is 5.56 Å². The summed E-state index contributed by atoms with van der Waals surface area (Å²) in [6.45, 7) is 1.05. The van der Waals surface area contributed by atoms with Gasteiger partial charge in [-0.3, -0.25) is 9.36 Å². The molecule has 0 bridgehead atoms. The van der Waals surface area contributed by atoms with Crippen LogP contribution >= 0.6 is 11.6 Å². The highest BCUT2D eigenvalue weighted by Gasteiger charge is 2.48. The third kappa shape index (κ3) is 5.24. The van der Waals surface area contributed by atoms with Crippen molar-refractivity contribution in [1.29, 1.82) is 5.26 Å². The van der Waals surface area contributed by atoms with Crippen molar-refractivity contribution in [1.82, 2.24) is 14.5 Å². The van der Waals surface area contributed by atoms with Crippen LogP contribution in [-0.2, 0) is 12.5 Å². The molecule has 0 amide bonds. The monoisotopic (exact) mass is 530 g/mol. The molecule has 36 heavy (non-hydrogen) atoms. The first kappa shape index (κ1) is 26.8. The van der Waals surface area contributed by atoms with E-state index in [1.807, 2.05) is 0 Å². The van der Waals surface area contributed by atoms with Crippen molar-refractivity contribution in [2.75, 3.05) is 7.11 Å². The van der Waals surface area contributed by atoms with Crippen LogP contribution in [-0.4, -0.2) is 33.2 Å². The summed E-state index contributed by atoms with van der Waals surface area (Å²) in [5, 5.41) is 18.5. The van der Waals surface area contributed by atoms with Crippen molar-refractivity contribution in [3.05, 3.63) is 74.3 Å². The summed E-state index contributed by atoms with van der Waals surface area (Å²) in [5.74, 6) is -8.66. The van der Waals surface area contributed by atoms with E-state index in [1.54, 1.807) is 0 Å². The smallest absolute Gasteiger partial charge is 0.352 e. The Bertz CT molecular complexity index is 1390. The maximum absolute atomic E-state index is 14.6. The van der Waals surface area contributed by atoms with Crippen LogP contribution in [0.3, 0.4) is 0 Å². The minimum Gasteiger partial charge on any atom is -0.481 e. The Morgan fingerprint density at radius 2 is 2.00 bits per heavy atom. The van der Waals surface area contributed by atoms with Gasteiger partial charge in [0.1, 0.15) is 6.07 Å². The maximum Gasteiger partial charge on any atom is 0.352 e. The van der Waals surface area contributed by atoms with Crippen molar-refractivity contribution < 1.29 is 36.5 Å². The third-order valence-electron chi connectivity index (χ3n) is 4.85. The fourth-order valence-corrected chi connectivity index (χ4v) is 3.25. The number of nitrogens with zero attached hydrogens (tertiary/aromatic N) is 4. The molecule has 190 valence electrons. The molecule has 0 saturated carbocycles. The largest absolute Gasteiger partial charge is 0.481 e. The number of halogens is 6. The number of aromatic nitrogens is 3. The number of pyridine rings is 1. The molecule has 1 unspecified atom stereocenters. The second-order valence-electron chi connectivity index (χ2n) is 7.34. The van der Waals surface area contributed by atoms with Gasteiger partial charge in [0.15, 0.2) is 17.3 Å². The highest BCUT2D eigenvalue weighted by atomic mass is 35.5. The molecular weight excluding hydrogens is 515 g/mol. The zero-order chi connectivity index (χ0) is 26.8. The predicted molar refractivity (Wildman–Crippen MR) is 115 cm³/mol. The number of aliphatic hydroxyl groups excluding tert-OH is 1. The van der Waals surface area contributed by atoms with Crippen LogP contribution in [0.4, 0.5) is 22.0 Å². The highest BCUT2D eigenvalue weighted by Crippen LogP contribution is 2.39. The molecule has 0 spiro atoms. The Balaban J connectivity index is 2.18. The van der Waals surface area contributed by atoms with Gasteiger partial charge < -0.3 is 14.6 Å². The molecular formula is C22H16ClF5N4O4. The van der Waals surface area contributed by atoms with Crippen molar-refractivity contribution in [2.45, 2.75) is 31.9 Å². The molecule has 1 atom stereocenters. The van der Waals surface area contributed by atoms with E-state index in [0.717, 1.165) is 16.7 Å².